The van der Waals surface area contributed by atoms with Crippen molar-refractivity contribution in [1.29, 1.82) is 0 Å². The average Bonchev–Trinajstić information content (AvgIpc) is 1.71. The van der Waals surface area contributed by atoms with Gasteiger partial charge in [0.05, 0.1) is 49.3 Å². The van der Waals surface area contributed by atoms with Gasteiger partial charge >= 0.3 is 0 Å². The number of hydrogen-bond donors (Lipinski definition) is 3. The number of carbonyl (C=O) groups excluding carboxylic acids is 1. The average molecular weight is 1540 g/mol. The molecule has 91 heavy (non-hydrogen) atoms. The largest absolute Gasteiger partial charge is 0.391 e. The molecule has 28 heteroatoms. The van der Waals surface area contributed by atoms with Crippen LogP contribution in [0, 0.1) is 0 Å². The molecule has 0 saturated heterocycles. The lowest BCUT2D eigenvalue weighted by Gasteiger charge is -2.21. The Kier molecular flexibility index (Phi) is 27.0. The van der Waals surface area contributed by atoms with E-state index in [9.17, 15) is 55.3 Å². The van der Waals surface area contributed by atoms with Crippen molar-refractivity contribution in [1.82, 2.24) is 0 Å². The van der Waals surface area contributed by atoms with Crippen molar-refractivity contribution in [3.8, 4) is 0 Å². The van der Waals surface area contributed by atoms with Crippen LogP contribution in [0.15, 0.2) is 182 Å². The summed E-state index contributed by atoms with van der Waals surface area (Å²) in [6, 6.07) is 33.0. The Morgan fingerprint density at radius 1 is 0.484 bits per heavy atom. The highest BCUT2D eigenvalue weighted by atomic mass is 79.9. The van der Waals surface area contributed by atoms with Crippen molar-refractivity contribution in [2.45, 2.75) is 169 Å². The van der Waals surface area contributed by atoms with Gasteiger partial charge in [-0.05, 0) is 165 Å². The molecule has 4 heterocycles. The maximum Gasteiger partial charge on any atom is 0.216 e. The van der Waals surface area contributed by atoms with Crippen LogP contribution in [0.25, 0.3) is 0 Å². The number of aliphatic hydroxyl groups is 1. The van der Waals surface area contributed by atoms with Gasteiger partial charge in [-0.1, -0.05) is 117 Å². The number of aldehydes is 1. The molecular weight excluding hydrogens is 1460 g/mol. The Labute approximate surface area is 573 Å². The van der Waals surface area contributed by atoms with Gasteiger partial charge in [0.2, 0.25) is 19.7 Å². The van der Waals surface area contributed by atoms with Gasteiger partial charge in [0.25, 0.3) is 0 Å². The molecule has 0 radical (unpaired) electrons. The van der Waals surface area contributed by atoms with Gasteiger partial charge in [-0.25, -0.2) is 50.5 Å². The van der Waals surface area contributed by atoms with E-state index in [4.69, 9.17) is 10.8 Å². The quantitative estimate of drug-likeness (QED) is 0.0715. The van der Waals surface area contributed by atoms with Crippen LogP contribution in [-0.2, 0) is 93.8 Å². The van der Waals surface area contributed by atoms with Gasteiger partial charge in [-0.3, -0.25) is 4.79 Å². The smallest absolute Gasteiger partial charge is 0.216 e. The minimum Gasteiger partial charge on any atom is -0.391 e. The molecule has 3 N–H and O–H groups in total. The summed E-state index contributed by atoms with van der Waals surface area (Å²) < 4.78 is 149. The number of hydrogen-bond acceptors (Lipinski definition) is 21. The molecule has 0 unspecified atom stereocenters. The van der Waals surface area contributed by atoms with Crippen molar-refractivity contribution >= 4 is 151 Å². The summed E-state index contributed by atoms with van der Waals surface area (Å²) in [7, 11) is -21.1. The zero-order valence-electron chi connectivity index (χ0n) is 53.3. The van der Waals surface area contributed by atoms with Crippen LogP contribution < -0.4 is 5.73 Å². The number of benzene rings is 4. The van der Waals surface area contributed by atoms with Gasteiger partial charge in [-0.2, -0.15) is 0 Å². The first-order valence-corrected chi connectivity index (χ1v) is 43.2. The van der Waals surface area contributed by atoms with Gasteiger partial charge in [-0.15, -0.1) is 58.0 Å². The van der Waals surface area contributed by atoms with E-state index in [0.29, 0.717) is 30.7 Å². The molecule has 0 aliphatic heterocycles. The fraction of sp³-hybridized carbons (Fsp3) is 0.349. The molecule has 0 atom stereocenters. The van der Waals surface area contributed by atoms with Gasteiger partial charge in [0, 0.05) is 50.7 Å². The zero-order chi connectivity index (χ0) is 69.5. The fourth-order valence-electron chi connectivity index (χ4n) is 7.51. The molecule has 0 bridgehead atoms. The Bertz CT molecular complexity index is 4410. The third kappa shape index (κ3) is 23.8. The Morgan fingerprint density at radius 3 is 1.18 bits per heavy atom. The molecule has 4 aromatic carbocycles. The summed E-state index contributed by atoms with van der Waals surface area (Å²) in [5, 5.41) is 11.1. The predicted molar refractivity (Wildman–Crippen MR) is 379 cm³/mol. The molecule has 0 saturated carbocycles. The maximum absolute atomic E-state index is 12.9. The van der Waals surface area contributed by atoms with E-state index in [1.165, 1.54) is 78.1 Å². The lowest BCUT2D eigenvalue weighted by atomic mass is 9.87. The van der Waals surface area contributed by atoms with E-state index >= 15 is 0 Å². The van der Waals surface area contributed by atoms with Gasteiger partial charge in [0.15, 0.2) is 45.6 Å². The van der Waals surface area contributed by atoms with E-state index in [2.05, 4.69) is 70.1 Å². The molecule has 4 aromatic heterocycles. The Hall–Kier alpha value is -3.85. The van der Waals surface area contributed by atoms with Crippen LogP contribution in [0.5, 0.6) is 0 Å². The standard InChI is InChI=1S/C16H21NO4S3.C16H20O5S3.C16H18O3S3.C11H15BrO2S.C4H4S2/c2*1-16(2,3)11-7-13(23(4,18)19)9-14(8-11)24(20,21)15-6-5-12(10-17)22-15;1-16(2,3)11-7-13(9-14(8-11)22(4,18)19)21-15-6-5-12(10-17)20-15;1-11(2,3)8-5-9(12)7-10(6-8)15(4,13)14;5-4-2-1-3-6-4/h5-9H,10,17H2,1-4H3;5-9,17H,10H2,1-4H3;5-10H,1-4H3;5-7H,1-4H3;1-3,5H. The fourth-order valence-corrected chi connectivity index (χ4v) is 19.3. The number of rotatable bonds is 13. The van der Waals surface area contributed by atoms with Crippen LogP contribution in [0.2, 0.25) is 0 Å². The molecule has 8 rings (SSSR count). The van der Waals surface area contributed by atoms with Gasteiger partial charge in [0.1, 0.15) is 8.42 Å². The van der Waals surface area contributed by atoms with Crippen molar-refractivity contribution in [3.63, 3.8) is 0 Å². The van der Waals surface area contributed by atoms with E-state index < -0.39 is 64.4 Å². The molecule has 0 amide bonds. The second-order valence-corrected chi connectivity index (χ2v) is 44.9. The minimum atomic E-state index is -3.85. The van der Waals surface area contributed by atoms with E-state index in [-0.39, 0.29) is 57.4 Å². The number of carbonyl (C=O) groups is 1. The van der Waals surface area contributed by atoms with Crippen LogP contribution >= 0.6 is 85.7 Å². The summed E-state index contributed by atoms with van der Waals surface area (Å²) in [6.07, 6.45) is 5.39. The Morgan fingerprint density at radius 2 is 0.857 bits per heavy atom. The van der Waals surface area contributed by atoms with Crippen LogP contribution in [0.4, 0.5) is 0 Å². The molecule has 0 aliphatic carbocycles. The first kappa shape index (κ1) is 79.6. The molecule has 0 aliphatic rings. The normalized spacial score (nSPS) is 12.7. The van der Waals surface area contributed by atoms with Crippen molar-refractivity contribution < 1.29 is 60.4 Å². The molecule has 15 nitrogen and oxygen atoms in total. The predicted octanol–water partition coefficient (Wildman–Crippen LogP) is 15.1. The second-order valence-electron chi connectivity index (χ2n) is 25.0. The summed E-state index contributed by atoms with van der Waals surface area (Å²) >= 11 is 14.0. The second kappa shape index (κ2) is 30.9. The first-order valence-electron chi connectivity index (χ1n) is 27.3. The van der Waals surface area contributed by atoms with Crippen LogP contribution in [0.3, 0.4) is 0 Å². The van der Waals surface area contributed by atoms with Crippen molar-refractivity contribution in [2.75, 3.05) is 25.0 Å². The topological polar surface area (TPSA) is 268 Å². The van der Waals surface area contributed by atoms with E-state index in [1.54, 1.807) is 59.9 Å². The summed E-state index contributed by atoms with van der Waals surface area (Å²) in [4.78, 5) is 14.2. The van der Waals surface area contributed by atoms with E-state index in [0.717, 1.165) is 75.3 Å². The lowest BCUT2D eigenvalue weighted by molar-refractivity contribution is 0.112. The van der Waals surface area contributed by atoms with Crippen LogP contribution in [0.1, 0.15) is 125 Å². The Balaban J connectivity index is 0.000000253. The lowest BCUT2D eigenvalue weighted by Crippen LogP contribution is -2.14. The molecular formula is C63H78BrNO14S12. The third-order valence-electron chi connectivity index (χ3n) is 12.9. The first-order chi connectivity index (χ1) is 41.3. The third-order valence-corrected chi connectivity index (χ3v) is 27.6. The highest BCUT2D eigenvalue weighted by Crippen LogP contribution is 2.39. The zero-order valence-corrected chi connectivity index (χ0v) is 64.7. The number of aliphatic hydroxyl groups excluding tert-OH is 1. The number of sulfone groups is 6. The highest BCUT2D eigenvalue weighted by molar-refractivity contribution is 9.10. The summed E-state index contributed by atoms with van der Waals surface area (Å²) in [6.45, 7) is 23.7. The SMILES string of the molecule is CC(C)(C)c1cc(Br)cc(S(C)(=O)=O)c1.CC(C)(C)c1cc(S(C)(=O)=O)cc(S(=O)(=O)c2ccc(CN)s2)c1.CC(C)(C)c1cc(S(C)(=O)=O)cc(S(=O)(=O)c2ccc(CO)s2)c1.CC(C)(C)c1cc(Sc2ccc(C=O)s2)cc(S(C)(=O)=O)c1.Sc1cccs1. The number of thiophene rings is 4. The minimum absolute atomic E-state index is 0.00380. The molecule has 8 aromatic rings. The maximum atomic E-state index is 12.9. The van der Waals surface area contributed by atoms with Gasteiger partial charge < -0.3 is 10.8 Å². The monoisotopic (exact) mass is 1540 g/mol. The highest BCUT2D eigenvalue weighted by Gasteiger charge is 2.29. The van der Waals surface area contributed by atoms with Crippen molar-refractivity contribution in [3.05, 3.63) is 168 Å². The molecule has 498 valence electrons. The number of nitrogens with two attached hydrogens (primary N) is 1. The van der Waals surface area contributed by atoms with E-state index in [1.807, 2.05) is 77.3 Å². The summed E-state index contributed by atoms with van der Waals surface area (Å²) in [5.74, 6) is 0. The molecule has 0 spiro atoms. The van der Waals surface area contributed by atoms with Crippen LogP contribution in [-0.4, -0.2) is 86.9 Å². The summed E-state index contributed by atoms with van der Waals surface area (Å²) in [5.41, 5.74) is 7.83. The van der Waals surface area contributed by atoms with Crippen molar-refractivity contribution in [2.24, 2.45) is 5.73 Å². The number of halogens is 1. The number of thiol groups is 1. The molecule has 0 fully saturated rings.